The van der Waals surface area contributed by atoms with Gasteiger partial charge in [-0.2, -0.15) is 0 Å². The standard InChI is InChI=1S/C18H21NO2/c1-13-4-3-5-15(10-13)8-9-18(21)19-17-11-16(12-20)7-6-14(17)2/h3-7,10-11,20H,8-9,12H2,1-2H3,(H,19,21). The molecule has 0 radical (unpaired) electrons. The van der Waals surface area contributed by atoms with Gasteiger partial charge >= 0.3 is 0 Å². The zero-order chi connectivity index (χ0) is 15.2. The van der Waals surface area contributed by atoms with E-state index in [1.165, 1.54) is 11.1 Å². The fourth-order valence-corrected chi connectivity index (χ4v) is 2.24. The van der Waals surface area contributed by atoms with Crippen molar-refractivity contribution in [1.82, 2.24) is 0 Å². The Morgan fingerprint density at radius 1 is 1.10 bits per heavy atom. The summed E-state index contributed by atoms with van der Waals surface area (Å²) in [5, 5.41) is 12.1. The smallest absolute Gasteiger partial charge is 0.224 e. The van der Waals surface area contributed by atoms with Crippen molar-refractivity contribution in [2.45, 2.75) is 33.3 Å². The van der Waals surface area contributed by atoms with Crippen molar-refractivity contribution in [3.8, 4) is 0 Å². The molecule has 0 heterocycles. The topological polar surface area (TPSA) is 49.3 Å². The number of hydrogen-bond donors (Lipinski definition) is 2. The summed E-state index contributed by atoms with van der Waals surface area (Å²) in [7, 11) is 0. The molecular weight excluding hydrogens is 262 g/mol. The number of nitrogens with one attached hydrogen (secondary N) is 1. The summed E-state index contributed by atoms with van der Waals surface area (Å²) in [5.74, 6) is -0.00491. The Hall–Kier alpha value is -2.13. The highest BCUT2D eigenvalue weighted by atomic mass is 16.3. The minimum atomic E-state index is -0.0214. The molecule has 2 aromatic carbocycles. The van der Waals surface area contributed by atoms with E-state index in [2.05, 4.69) is 11.4 Å². The number of carbonyl (C=O) groups is 1. The van der Waals surface area contributed by atoms with Gasteiger partial charge in [0, 0.05) is 12.1 Å². The van der Waals surface area contributed by atoms with Crippen LogP contribution in [-0.2, 0) is 17.8 Å². The molecule has 0 spiro atoms. The molecule has 1 amide bonds. The number of amides is 1. The minimum Gasteiger partial charge on any atom is -0.392 e. The molecule has 2 N–H and O–H groups in total. The minimum absolute atomic E-state index is 0.00491. The predicted molar refractivity (Wildman–Crippen MR) is 85.2 cm³/mol. The number of benzene rings is 2. The third-order valence-corrected chi connectivity index (χ3v) is 3.48. The van der Waals surface area contributed by atoms with Crippen molar-refractivity contribution in [3.63, 3.8) is 0 Å². The maximum atomic E-state index is 12.0. The van der Waals surface area contributed by atoms with Crippen molar-refractivity contribution in [3.05, 3.63) is 64.7 Å². The second kappa shape index (κ2) is 7.04. The number of hydrogen-bond acceptors (Lipinski definition) is 2. The van der Waals surface area contributed by atoms with Crippen LogP contribution in [0, 0.1) is 13.8 Å². The van der Waals surface area contributed by atoms with Gasteiger partial charge in [0.25, 0.3) is 0 Å². The maximum Gasteiger partial charge on any atom is 0.224 e. The van der Waals surface area contributed by atoms with Gasteiger partial charge in [0.05, 0.1) is 6.61 Å². The highest BCUT2D eigenvalue weighted by Crippen LogP contribution is 2.17. The van der Waals surface area contributed by atoms with E-state index in [1.807, 2.05) is 50.2 Å². The van der Waals surface area contributed by atoms with E-state index in [-0.39, 0.29) is 12.5 Å². The summed E-state index contributed by atoms with van der Waals surface area (Å²) in [6.45, 7) is 3.97. The summed E-state index contributed by atoms with van der Waals surface area (Å²) < 4.78 is 0. The first-order valence-electron chi connectivity index (χ1n) is 7.14. The predicted octanol–water partition coefficient (Wildman–Crippen LogP) is 3.37. The van der Waals surface area contributed by atoms with Crippen LogP contribution in [0.25, 0.3) is 0 Å². The van der Waals surface area contributed by atoms with Gasteiger partial charge < -0.3 is 10.4 Å². The van der Waals surface area contributed by atoms with Gasteiger partial charge in [-0.1, -0.05) is 42.0 Å². The lowest BCUT2D eigenvalue weighted by atomic mass is 10.1. The largest absolute Gasteiger partial charge is 0.392 e. The molecule has 0 aromatic heterocycles. The summed E-state index contributed by atoms with van der Waals surface area (Å²) in [4.78, 5) is 12.0. The SMILES string of the molecule is Cc1cccc(CCC(=O)Nc2cc(CO)ccc2C)c1. The molecule has 0 aliphatic carbocycles. The fraction of sp³-hybridized carbons (Fsp3) is 0.278. The Morgan fingerprint density at radius 3 is 2.62 bits per heavy atom. The second-order valence-corrected chi connectivity index (χ2v) is 5.34. The van der Waals surface area contributed by atoms with Gasteiger partial charge in [-0.05, 0) is 43.0 Å². The van der Waals surface area contributed by atoms with Gasteiger partial charge in [0.15, 0.2) is 0 Å². The Kier molecular flexibility index (Phi) is 5.12. The molecule has 0 bridgehead atoms. The highest BCUT2D eigenvalue weighted by Gasteiger charge is 2.06. The van der Waals surface area contributed by atoms with Crippen LogP contribution in [-0.4, -0.2) is 11.0 Å². The monoisotopic (exact) mass is 283 g/mol. The summed E-state index contributed by atoms with van der Waals surface area (Å²) in [6, 6.07) is 13.8. The molecule has 0 saturated carbocycles. The summed E-state index contributed by atoms with van der Waals surface area (Å²) in [5.41, 5.74) is 4.95. The quantitative estimate of drug-likeness (QED) is 0.884. The lowest BCUT2D eigenvalue weighted by molar-refractivity contribution is -0.116. The first-order chi connectivity index (χ1) is 10.1. The number of rotatable bonds is 5. The van der Waals surface area contributed by atoms with Crippen molar-refractivity contribution < 1.29 is 9.90 Å². The zero-order valence-electron chi connectivity index (χ0n) is 12.5. The van der Waals surface area contributed by atoms with E-state index in [0.29, 0.717) is 6.42 Å². The highest BCUT2D eigenvalue weighted by molar-refractivity contribution is 5.91. The second-order valence-electron chi connectivity index (χ2n) is 5.34. The molecule has 0 aliphatic heterocycles. The Labute approximate surface area is 125 Å². The number of aliphatic hydroxyl groups is 1. The lowest BCUT2D eigenvalue weighted by Crippen LogP contribution is -2.13. The molecule has 3 nitrogen and oxygen atoms in total. The lowest BCUT2D eigenvalue weighted by Gasteiger charge is -2.10. The third kappa shape index (κ3) is 4.43. The van der Waals surface area contributed by atoms with Crippen molar-refractivity contribution >= 4 is 11.6 Å². The number of aryl methyl sites for hydroxylation is 3. The van der Waals surface area contributed by atoms with Gasteiger partial charge in [-0.25, -0.2) is 0 Å². The van der Waals surface area contributed by atoms with Crippen LogP contribution in [0.15, 0.2) is 42.5 Å². The van der Waals surface area contributed by atoms with Crippen LogP contribution in [0.1, 0.15) is 28.7 Å². The van der Waals surface area contributed by atoms with Gasteiger partial charge in [0.2, 0.25) is 5.91 Å². The molecule has 0 unspecified atom stereocenters. The normalized spacial score (nSPS) is 10.4. The molecule has 0 fully saturated rings. The Bertz CT molecular complexity index is 635. The summed E-state index contributed by atoms with van der Waals surface area (Å²) >= 11 is 0. The number of aliphatic hydroxyl groups excluding tert-OH is 1. The van der Waals surface area contributed by atoms with E-state index in [4.69, 9.17) is 5.11 Å². The van der Waals surface area contributed by atoms with E-state index >= 15 is 0 Å². The van der Waals surface area contributed by atoms with Crippen LogP contribution >= 0.6 is 0 Å². The van der Waals surface area contributed by atoms with Crippen molar-refractivity contribution in [1.29, 1.82) is 0 Å². The first-order valence-corrected chi connectivity index (χ1v) is 7.14. The fourth-order valence-electron chi connectivity index (χ4n) is 2.24. The Balaban J connectivity index is 1.96. The van der Waals surface area contributed by atoms with Crippen LogP contribution in [0.2, 0.25) is 0 Å². The molecule has 0 aliphatic rings. The molecule has 3 heteroatoms. The van der Waals surface area contributed by atoms with Crippen LogP contribution in [0.3, 0.4) is 0 Å². The van der Waals surface area contributed by atoms with E-state index in [9.17, 15) is 4.79 Å². The summed E-state index contributed by atoms with van der Waals surface area (Å²) in [6.07, 6.45) is 1.18. The zero-order valence-corrected chi connectivity index (χ0v) is 12.5. The first kappa shape index (κ1) is 15.3. The number of anilines is 1. The molecule has 0 saturated heterocycles. The molecular formula is C18H21NO2. The van der Waals surface area contributed by atoms with E-state index in [0.717, 1.165) is 23.2 Å². The maximum absolute atomic E-state index is 12.0. The molecule has 2 aromatic rings. The van der Waals surface area contributed by atoms with Gasteiger partial charge in [-0.15, -0.1) is 0 Å². The van der Waals surface area contributed by atoms with Gasteiger partial charge in [0.1, 0.15) is 0 Å². The van der Waals surface area contributed by atoms with E-state index < -0.39 is 0 Å². The van der Waals surface area contributed by atoms with Crippen molar-refractivity contribution in [2.75, 3.05) is 5.32 Å². The third-order valence-electron chi connectivity index (χ3n) is 3.48. The van der Waals surface area contributed by atoms with Crippen molar-refractivity contribution in [2.24, 2.45) is 0 Å². The average molecular weight is 283 g/mol. The average Bonchev–Trinajstić information content (AvgIpc) is 2.47. The van der Waals surface area contributed by atoms with Crippen LogP contribution in [0.4, 0.5) is 5.69 Å². The number of carbonyl (C=O) groups excluding carboxylic acids is 1. The Morgan fingerprint density at radius 2 is 1.90 bits per heavy atom. The molecule has 21 heavy (non-hydrogen) atoms. The molecule has 110 valence electrons. The molecule has 0 atom stereocenters. The van der Waals surface area contributed by atoms with Crippen LogP contribution < -0.4 is 5.32 Å². The van der Waals surface area contributed by atoms with Crippen LogP contribution in [0.5, 0.6) is 0 Å². The van der Waals surface area contributed by atoms with Gasteiger partial charge in [-0.3, -0.25) is 4.79 Å². The van der Waals surface area contributed by atoms with E-state index in [1.54, 1.807) is 0 Å². The molecule has 2 rings (SSSR count).